The first kappa shape index (κ1) is 9.94. The van der Waals surface area contributed by atoms with Gasteiger partial charge in [0.1, 0.15) is 5.15 Å². The number of hydrogen-bond acceptors (Lipinski definition) is 1. The van der Waals surface area contributed by atoms with Crippen LogP contribution >= 0.6 is 27.5 Å². The van der Waals surface area contributed by atoms with E-state index in [9.17, 15) is 0 Å². The Morgan fingerprint density at radius 1 is 1.14 bits per heavy atom. The van der Waals surface area contributed by atoms with Gasteiger partial charge in [0.05, 0.1) is 5.52 Å². The zero-order chi connectivity index (χ0) is 10.3. The highest BCUT2D eigenvalue weighted by Gasteiger charge is 2.04. The molecule has 0 saturated heterocycles. The van der Waals surface area contributed by atoms with E-state index < -0.39 is 0 Å². The van der Waals surface area contributed by atoms with Crippen molar-refractivity contribution in [2.75, 3.05) is 0 Å². The average molecular weight is 271 g/mol. The molecular weight excluding hydrogens is 261 g/mol. The number of aromatic nitrogens is 1. The minimum atomic E-state index is 0.586. The Balaban J connectivity index is 2.89. The normalized spacial score (nSPS) is 10.9. The molecule has 0 aliphatic rings. The molecular formula is C11H9BrClN. The first-order valence-corrected chi connectivity index (χ1v) is 5.48. The number of nitrogens with zero attached hydrogens (tertiary/aromatic N) is 1. The van der Waals surface area contributed by atoms with E-state index in [0.29, 0.717) is 5.15 Å². The standard InChI is InChI=1S/C11H9BrClN/c1-6-4-9(12)5-8-3-7(2)11(13)14-10(6)8/h3-5H,1-2H3. The van der Waals surface area contributed by atoms with Crippen molar-refractivity contribution in [1.29, 1.82) is 0 Å². The maximum Gasteiger partial charge on any atom is 0.132 e. The second kappa shape index (κ2) is 3.52. The Kier molecular flexibility index (Phi) is 2.50. The van der Waals surface area contributed by atoms with Crippen LogP contribution in [0.15, 0.2) is 22.7 Å². The number of hydrogen-bond donors (Lipinski definition) is 0. The molecule has 2 rings (SSSR count). The Morgan fingerprint density at radius 2 is 1.86 bits per heavy atom. The van der Waals surface area contributed by atoms with Crippen LogP contribution in [0.3, 0.4) is 0 Å². The summed E-state index contributed by atoms with van der Waals surface area (Å²) in [6.45, 7) is 4.00. The van der Waals surface area contributed by atoms with E-state index in [2.05, 4.69) is 33.0 Å². The summed E-state index contributed by atoms with van der Waals surface area (Å²) in [5.74, 6) is 0. The van der Waals surface area contributed by atoms with Gasteiger partial charge < -0.3 is 0 Å². The minimum Gasteiger partial charge on any atom is -0.236 e. The molecule has 0 aliphatic heterocycles. The second-order valence-corrected chi connectivity index (χ2v) is 4.66. The molecule has 2 aromatic rings. The summed E-state index contributed by atoms with van der Waals surface area (Å²) < 4.78 is 1.08. The quantitative estimate of drug-likeness (QED) is 0.652. The molecule has 0 spiro atoms. The van der Waals surface area contributed by atoms with Gasteiger partial charge in [-0.25, -0.2) is 4.98 Å². The second-order valence-electron chi connectivity index (χ2n) is 3.39. The lowest BCUT2D eigenvalue weighted by molar-refractivity contribution is 1.31. The molecule has 0 atom stereocenters. The van der Waals surface area contributed by atoms with Crippen molar-refractivity contribution in [3.63, 3.8) is 0 Å². The zero-order valence-corrected chi connectivity index (χ0v) is 10.3. The van der Waals surface area contributed by atoms with Gasteiger partial charge in [-0.1, -0.05) is 27.5 Å². The van der Waals surface area contributed by atoms with Crippen molar-refractivity contribution >= 4 is 38.4 Å². The van der Waals surface area contributed by atoms with Crippen LogP contribution in [0.2, 0.25) is 5.15 Å². The lowest BCUT2D eigenvalue weighted by Crippen LogP contribution is -1.87. The number of fused-ring (bicyclic) bond motifs is 1. The number of rotatable bonds is 0. The van der Waals surface area contributed by atoms with Gasteiger partial charge in [-0.3, -0.25) is 0 Å². The summed E-state index contributed by atoms with van der Waals surface area (Å²) >= 11 is 9.44. The van der Waals surface area contributed by atoms with E-state index in [4.69, 9.17) is 11.6 Å². The predicted octanol–water partition coefficient (Wildman–Crippen LogP) is 4.27. The van der Waals surface area contributed by atoms with Crippen LogP contribution in [-0.2, 0) is 0 Å². The zero-order valence-electron chi connectivity index (χ0n) is 7.94. The van der Waals surface area contributed by atoms with Crippen LogP contribution in [-0.4, -0.2) is 4.98 Å². The molecule has 1 aromatic heterocycles. The van der Waals surface area contributed by atoms with E-state index in [-0.39, 0.29) is 0 Å². The average Bonchev–Trinajstić information content (AvgIpc) is 2.08. The Labute approximate surface area is 96.2 Å². The van der Waals surface area contributed by atoms with Gasteiger partial charge in [-0.15, -0.1) is 0 Å². The largest absolute Gasteiger partial charge is 0.236 e. The minimum absolute atomic E-state index is 0.586. The molecule has 0 bridgehead atoms. The fourth-order valence-corrected chi connectivity index (χ4v) is 2.23. The van der Waals surface area contributed by atoms with Crippen molar-refractivity contribution in [3.05, 3.63) is 39.0 Å². The molecule has 3 heteroatoms. The molecule has 0 unspecified atom stereocenters. The SMILES string of the molecule is Cc1cc2cc(Br)cc(C)c2nc1Cl. The van der Waals surface area contributed by atoms with Gasteiger partial charge >= 0.3 is 0 Å². The summed E-state index contributed by atoms with van der Waals surface area (Å²) in [5, 5.41) is 1.71. The molecule has 0 saturated carbocycles. The number of halogens is 2. The van der Waals surface area contributed by atoms with Crippen molar-refractivity contribution in [2.24, 2.45) is 0 Å². The third kappa shape index (κ3) is 1.64. The summed E-state index contributed by atoms with van der Waals surface area (Å²) in [6.07, 6.45) is 0. The van der Waals surface area contributed by atoms with Crippen molar-refractivity contribution < 1.29 is 0 Å². The van der Waals surface area contributed by atoms with E-state index in [1.54, 1.807) is 0 Å². The molecule has 1 heterocycles. The van der Waals surface area contributed by atoms with E-state index in [1.807, 2.05) is 19.9 Å². The highest BCUT2D eigenvalue weighted by Crippen LogP contribution is 2.25. The lowest BCUT2D eigenvalue weighted by Gasteiger charge is -2.05. The van der Waals surface area contributed by atoms with Crippen molar-refractivity contribution in [1.82, 2.24) is 4.98 Å². The van der Waals surface area contributed by atoms with Gasteiger partial charge in [0.2, 0.25) is 0 Å². The predicted molar refractivity (Wildman–Crippen MR) is 63.9 cm³/mol. The van der Waals surface area contributed by atoms with Gasteiger partial charge in [-0.05, 0) is 43.2 Å². The highest BCUT2D eigenvalue weighted by molar-refractivity contribution is 9.10. The van der Waals surface area contributed by atoms with Crippen LogP contribution in [0.1, 0.15) is 11.1 Å². The first-order chi connectivity index (χ1) is 6.58. The van der Waals surface area contributed by atoms with Crippen molar-refractivity contribution in [3.8, 4) is 0 Å². The van der Waals surface area contributed by atoms with Crippen molar-refractivity contribution in [2.45, 2.75) is 13.8 Å². The summed E-state index contributed by atoms with van der Waals surface area (Å²) in [5.41, 5.74) is 3.12. The van der Waals surface area contributed by atoms with E-state index >= 15 is 0 Å². The molecule has 1 aromatic carbocycles. The fraction of sp³-hybridized carbons (Fsp3) is 0.182. The maximum atomic E-state index is 5.98. The van der Waals surface area contributed by atoms with Crippen LogP contribution < -0.4 is 0 Å². The summed E-state index contributed by atoms with van der Waals surface area (Å²) in [6, 6.07) is 6.15. The van der Waals surface area contributed by atoms with Gasteiger partial charge in [-0.2, -0.15) is 0 Å². The lowest BCUT2D eigenvalue weighted by atomic mass is 10.1. The molecule has 0 aliphatic carbocycles. The molecule has 72 valence electrons. The first-order valence-electron chi connectivity index (χ1n) is 4.31. The monoisotopic (exact) mass is 269 g/mol. The third-order valence-corrected chi connectivity index (χ3v) is 3.04. The number of benzene rings is 1. The van der Waals surface area contributed by atoms with Crippen LogP contribution in [0.5, 0.6) is 0 Å². The molecule has 0 fully saturated rings. The Morgan fingerprint density at radius 3 is 2.57 bits per heavy atom. The van der Waals surface area contributed by atoms with Crippen LogP contribution in [0.25, 0.3) is 10.9 Å². The fourth-order valence-electron chi connectivity index (χ4n) is 1.50. The molecule has 0 amide bonds. The smallest absolute Gasteiger partial charge is 0.132 e. The molecule has 14 heavy (non-hydrogen) atoms. The summed E-state index contributed by atoms with van der Waals surface area (Å²) in [4.78, 5) is 4.36. The third-order valence-electron chi connectivity index (χ3n) is 2.20. The Bertz CT molecular complexity index is 508. The van der Waals surface area contributed by atoms with Crippen LogP contribution in [0, 0.1) is 13.8 Å². The topological polar surface area (TPSA) is 12.9 Å². The number of pyridine rings is 1. The highest BCUT2D eigenvalue weighted by atomic mass is 79.9. The van der Waals surface area contributed by atoms with Gasteiger partial charge in [0, 0.05) is 9.86 Å². The van der Waals surface area contributed by atoms with E-state index in [0.717, 1.165) is 26.5 Å². The molecule has 1 nitrogen and oxygen atoms in total. The number of aryl methyl sites for hydroxylation is 2. The Hall–Kier alpha value is -0.600. The molecule has 0 N–H and O–H groups in total. The van der Waals surface area contributed by atoms with Gasteiger partial charge in [0.25, 0.3) is 0 Å². The summed E-state index contributed by atoms with van der Waals surface area (Å²) in [7, 11) is 0. The van der Waals surface area contributed by atoms with Gasteiger partial charge in [0.15, 0.2) is 0 Å². The molecule has 0 radical (unpaired) electrons. The van der Waals surface area contributed by atoms with E-state index in [1.165, 1.54) is 0 Å². The van der Waals surface area contributed by atoms with Crippen LogP contribution in [0.4, 0.5) is 0 Å². The maximum absolute atomic E-state index is 5.98.